The van der Waals surface area contributed by atoms with E-state index in [0.717, 1.165) is 11.1 Å². The summed E-state index contributed by atoms with van der Waals surface area (Å²) in [5.41, 5.74) is 2.98. The van der Waals surface area contributed by atoms with Crippen LogP contribution >= 0.6 is 0 Å². The lowest BCUT2D eigenvalue weighted by Gasteiger charge is -2.18. The van der Waals surface area contributed by atoms with Gasteiger partial charge in [0.25, 0.3) is 5.69 Å². The molecule has 2 aromatic rings. The lowest BCUT2D eigenvalue weighted by atomic mass is 9.96. The van der Waals surface area contributed by atoms with Crippen LogP contribution in [0, 0.1) is 22.0 Å². The van der Waals surface area contributed by atoms with Gasteiger partial charge in [0.05, 0.1) is 4.92 Å². The first-order valence-electron chi connectivity index (χ1n) is 10.9. The summed E-state index contributed by atoms with van der Waals surface area (Å²) in [6.45, 7) is 7.61. The Kier molecular flexibility index (Phi) is 6.87. The zero-order valence-corrected chi connectivity index (χ0v) is 18.9. The van der Waals surface area contributed by atoms with Crippen LogP contribution in [0.15, 0.2) is 36.4 Å². The second-order valence-electron chi connectivity index (χ2n) is 8.77. The van der Waals surface area contributed by atoms with Crippen molar-refractivity contribution in [3.8, 4) is 11.1 Å². The molecular formula is C25H28N2O5. The monoisotopic (exact) mass is 436 g/mol. The molecular weight excluding hydrogens is 408 g/mol. The number of nitro benzene ring substituents is 1. The van der Waals surface area contributed by atoms with Gasteiger partial charge < -0.3 is 4.90 Å². The zero-order chi connectivity index (χ0) is 23.6. The van der Waals surface area contributed by atoms with E-state index in [9.17, 15) is 24.5 Å². The van der Waals surface area contributed by atoms with E-state index in [1.54, 1.807) is 38.1 Å². The van der Waals surface area contributed by atoms with Gasteiger partial charge in [-0.05, 0) is 29.2 Å². The summed E-state index contributed by atoms with van der Waals surface area (Å²) in [7, 11) is 0. The number of anilines is 1. The van der Waals surface area contributed by atoms with Gasteiger partial charge in [0.2, 0.25) is 5.91 Å². The Labute approximate surface area is 187 Å². The Bertz CT molecular complexity index is 1070. The molecule has 1 aliphatic heterocycles. The third-order valence-corrected chi connectivity index (χ3v) is 5.80. The normalized spacial score (nSPS) is 12.9. The Morgan fingerprint density at radius 2 is 1.62 bits per heavy atom. The van der Waals surface area contributed by atoms with Crippen molar-refractivity contribution in [2.45, 2.75) is 47.0 Å². The molecule has 0 fully saturated rings. The highest BCUT2D eigenvalue weighted by atomic mass is 16.6. The van der Waals surface area contributed by atoms with Crippen LogP contribution in [0.5, 0.6) is 0 Å². The van der Waals surface area contributed by atoms with Gasteiger partial charge >= 0.3 is 0 Å². The standard InChI is InChI=1S/C25H28N2O5/c1-15(2)22(28)9-10-23(29)26-12-11-19-13-20(14-21(24(19)26)27(31)32)17-5-7-18(8-6-17)25(30)16(3)4/h5-8,13-16H,9-12H2,1-4H3. The average molecular weight is 437 g/mol. The number of hydrogen-bond donors (Lipinski definition) is 0. The van der Waals surface area contributed by atoms with E-state index in [4.69, 9.17) is 0 Å². The summed E-state index contributed by atoms with van der Waals surface area (Å²) in [5.74, 6) is -0.484. The van der Waals surface area contributed by atoms with Gasteiger partial charge in [0.1, 0.15) is 11.5 Å². The maximum atomic E-state index is 12.7. The van der Waals surface area contributed by atoms with Gasteiger partial charge in [-0.3, -0.25) is 24.5 Å². The van der Waals surface area contributed by atoms with Gasteiger partial charge in [0, 0.05) is 42.9 Å². The Morgan fingerprint density at radius 3 is 2.19 bits per heavy atom. The smallest absolute Gasteiger partial charge is 0.293 e. The fourth-order valence-corrected chi connectivity index (χ4v) is 3.89. The molecule has 0 bridgehead atoms. The molecule has 0 N–H and O–H groups in total. The number of benzene rings is 2. The number of carbonyl (C=O) groups is 3. The Balaban J connectivity index is 1.91. The third kappa shape index (κ3) is 4.77. The molecule has 2 aromatic carbocycles. The van der Waals surface area contributed by atoms with Crippen LogP contribution in [0.2, 0.25) is 0 Å². The predicted octanol–water partition coefficient (Wildman–Crippen LogP) is 4.99. The molecule has 1 heterocycles. The van der Waals surface area contributed by atoms with Gasteiger partial charge in [-0.1, -0.05) is 52.0 Å². The summed E-state index contributed by atoms with van der Waals surface area (Å²) in [4.78, 5) is 49.6. The van der Waals surface area contributed by atoms with E-state index in [2.05, 4.69) is 0 Å². The average Bonchev–Trinajstić information content (AvgIpc) is 3.20. The van der Waals surface area contributed by atoms with Crippen molar-refractivity contribution in [3.63, 3.8) is 0 Å². The topological polar surface area (TPSA) is 97.6 Å². The van der Waals surface area contributed by atoms with Crippen LogP contribution in [0.1, 0.15) is 56.5 Å². The van der Waals surface area contributed by atoms with Crippen molar-refractivity contribution < 1.29 is 19.3 Å². The molecule has 7 nitrogen and oxygen atoms in total. The molecule has 168 valence electrons. The third-order valence-electron chi connectivity index (χ3n) is 5.80. The Hall–Kier alpha value is -3.35. The summed E-state index contributed by atoms with van der Waals surface area (Å²) in [6.07, 6.45) is 0.689. The molecule has 0 saturated heterocycles. The minimum Gasteiger partial charge on any atom is -0.306 e. The van der Waals surface area contributed by atoms with Crippen molar-refractivity contribution >= 4 is 28.8 Å². The van der Waals surface area contributed by atoms with E-state index >= 15 is 0 Å². The quantitative estimate of drug-likeness (QED) is 0.330. The second kappa shape index (κ2) is 9.42. The van der Waals surface area contributed by atoms with Crippen LogP contribution in [0.4, 0.5) is 11.4 Å². The predicted molar refractivity (Wildman–Crippen MR) is 123 cm³/mol. The number of nitrogens with zero attached hydrogens (tertiary/aromatic N) is 2. The maximum absolute atomic E-state index is 12.7. The largest absolute Gasteiger partial charge is 0.306 e. The molecule has 1 amide bonds. The van der Waals surface area contributed by atoms with E-state index in [0.29, 0.717) is 29.8 Å². The number of amides is 1. The summed E-state index contributed by atoms with van der Waals surface area (Å²) >= 11 is 0. The fourth-order valence-electron chi connectivity index (χ4n) is 3.89. The number of hydrogen-bond acceptors (Lipinski definition) is 5. The minimum absolute atomic E-state index is 0.00186. The van der Waals surface area contributed by atoms with Crippen molar-refractivity contribution in [2.24, 2.45) is 11.8 Å². The molecule has 0 saturated carbocycles. The van der Waals surface area contributed by atoms with Crippen LogP contribution in [0.25, 0.3) is 11.1 Å². The fraction of sp³-hybridized carbons (Fsp3) is 0.400. The van der Waals surface area contributed by atoms with E-state index in [-0.39, 0.29) is 47.8 Å². The molecule has 0 radical (unpaired) electrons. The summed E-state index contributed by atoms with van der Waals surface area (Å²) in [5, 5.41) is 11.9. The highest BCUT2D eigenvalue weighted by molar-refractivity contribution is 6.01. The maximum Gasteiger partial charge on any atom is 0.293 e. The molecule has 0 unspecified atom stereocenters. The van der Waals surface area contributed by atoms with Crippen LogP contribution < -0.4 is 4.90 Å². The zero-order valence-electron chi connectivity index (χ0n) is 18.9. The molecule has 32 heavy (non-hydrogen) atoms. The lowest BCUT2D eigenvalue weighted by Crippen LogP contribution is -2.30. The number of ketones is 2. The first-order valence-corrected chi connectivity index (χ1v) is 10.9. The highest BCUT2D eigenvalue weighted by Crippen LogP contribution is 2.41. The van der Waals surface area contributed by atoms with Crippen LogP contribution in [-0.4, -0.2) is 28.9 Å². The van der Waals surface area contributed by atoms with Crippen molar-refractivity contribution in [3.05, 3.63) is 57.6 Å². The second-order valence-corrected chi connectivity index (χ2v) is 8.77. The lowest BCUT2D eigenvalue weighted by molar-refractivity contribution is -0.384. The molecule has 0 aromatic heterocycles. The molecule has 0 aliphatic carbocycles. The number of carbonyl (C=O) groups excluding carboxylic acids is 3. The first kappa shape index (κ1) is 23.3. The van der Waals surface area contributed by atoms with Gasteiger partial charge in [-0.15, -0.1) is 0 Å². The number of nitro groups is 1. The van der Waals surface area contributed by atoms with Crippen molar-refractivity contribution in [1.82, 2.24) is 0 Å². The summed E-state index contributed by atoms with van der Waals surface area (Å²) < 4.78 is 0. The SMILES string of the molecule is CC(C)C(=O)CCC(=O)N1CCc2cc(-c3ccc(C(=O)C(C)C)cc3)cc([N+](=O)[O-])c21. The highest BCUT2D eigenvalue weighted by Gasteiger charge is 2.33. The first-order chi connectivity index (χ1) is 15.1. The summed E-state index contributed by atoms with van der Waals surface area (Å²) in [6, 6.07) is 10.4. The van der Waals surface area contributed by atoms with E-state index < -0.39 is 4.92 Å². The Morgan fingerprint density at radius 1 is 0.969 bits per heavy atom. The van der Waals surface area contributed by atoms with Gasteiger partial charge in [-0.25, -0.2) is 0 Å². The molecule has 0 spiro atoms. The van der Waals surface area contributed by atoms with E-state index in [1.165, 1.54) is 11.0 Å². The molecule has 7 heteroatoms. The molecule has 0 atom stereocenters. The number of rotatable bonds is 8. The van der Waals surface area contributed by atoms with Gasteiger partial charge in [0.15, 0.2) is 5.78 Å². The molecule has 3 rings (SSSR count). The van der Waals surface area contributed by atoms with Crippen LogP contribution in [-0.2, 0) is 16.0 Å². The van der Waals surface area contributed by atoms with Crippen molar-refractivity contribution in [1.29, 1.82) is 0 Å². The van der Waals surface area contributed by atoms with Gasteiger partial charge in [-0.2, -0.15) is 0 Å². The van der Waals surface area contributed by atoms with E-state index in [1.807, 2.05) is 19.9 Å². The molecule has 1 aliphatic rings. The minimum atomic E-state index is -0.468. The number of fused-ring (bicyclic) bond motifs is 1. The van der Waals surface area contributed by atoms with Crippen LogP contribution in [0.3, 0.4) is 0 Å². The number of Topliss-reactive ketones (excluding diaryl/α,β-unsaturated/α-hetero) is 2. The van der Waals surface area contributed by atoms with Crippen molar-refractivity contribution in [2.75, 3.05) is 11.4 Å².